The number of rotatable bonds is 5. The smallest absolute Gasteiger partial charge is 0.408 e. The van der Waals surface area contributed by atoms with Gasteiger partial charge in [0.25, 0.3) is 0 Å². The second-order valence-corrected chi connectivity index (χ2v) is 12.9. The lowest BCUT2D eigenvalue weighted by molar-refractivity contribution is -0.140. The van der Waals surface area contributed by atoms with Crippen LogP contribution in [0.15, 0.2) is 48.5 Å². The molecule has 220 valence electrons. The van der Waals surface area contributed by atoms with Gasteiger partial charge in [-0.25, -0.2) is 4.79 Å². The minimum absolute atomic E-state index is 0.0114. The number of amides is 3. The Balaban J connectivity index is 1.25. The Bertz CT molecular complexity index is 1380. The largest absolute Gasteiger partial charge is 0.444 e. The minimum atomic E-state index is -0.922. The van der Waals surface area contributed by atoms with Crippen LogP contribution in [0.25, 0.3) is 0 Å². The van der Waals surface area contributed by atoms with Crippen LogP contribution in [0.3, 0.4) is 0 Å². The van der Waals surface area contributed by atoms with E-state index in [1.165, 1.54) is 22.3 Å². The van der Waals surface area contributed by atoms with E-state index < -0.39 is 23.8 Å². The lowest BCUT2D eigenvalue weighted by atomic mass is 9.92. The number of fused-ring (bicyclic) bond motifs is 4. The summed E-state index contributed by atoms with van der Waals surface area (Å²) < 4.78 is 5.48. The molecule has 0 spiro atoms. The molecule has 0 radical (unpaired) electrons. The highest BCUT2D eigenvalue weighted by Crippen LogP contribution is 2.44. The van der Waals surface area contributed by atoms with Gasteiger partial charge in [0.15, 0.2) is 0 Å². The van der Waals surface area contributed by atoms with Gasteiger partial charge in [0.05, 0.1) is 18.2 Å². The molecule has 2 aromatic rings. The van der Waals surface area contributed by atoms with Crippen LogP contribution in [0.1, 0.15) is 68.3 Å². The van der Waals surface area contributed by atoms with Gasteiger partial charge < -0.3 is 19.9 Å². The molecule has 3 unspecified atom stereocenters. The Morgan fingerprint density at radius 1 is 1.07 bits per heavy atom. The normalized spacial score (nSPS) is 24.5. The van der Waals surface area contributed by atoms with Gasteiger partial charge in [-0.1, -0.05) is 48.5 Å². The number of nitrogens with one attached hydrogen (secondary N) is 1. The molecule has 3 amide bonds. The van der Waals surface area contributed by atoms with Crippen molar-refractivity contribution >= 4 is 17.9 Å². The molecule has 4 aliphatic rings. The average Bonchev–Trinajstić information content (AvgIpc) is 3.64. The number of ether oxygens (including phenoxy) is 1. The molecule has 0 saturated carbocycles. The standard InChI is InChI=1S/C33H39N5O4/c1-33(2,3)42-32(41)35-27(30(39)37-16-8-11-23(37)18-34)20-36-19-24-17-28(36)31(40)38(24)29-25-12-6-4-9-21(25)14-15-22-10-5-7-13-26(22)29/h4-7,9-10,12-13,23-24,27-29H,8,11,14-17,19-20H2,1-3H3,(H,35,41)/t23?,24-,27?,28?/m0/s1. The molecule has 3 aliphatic heterocycles. The monoisotopic (exact) mass is 569 g/mol. The zero-order valence-electron chi connectivity index (χ0n) is 24.6. The quantitative estimate of drug-likeness (QED) is 0.590. The summed E-state index contributed by atoms with van der Waals surface area (Å²) in [5.41, 5.74) is 4.19. The van der Waals surface area contributed by atoms with Gasteiger partial charge in [-0.2, -0.15) is 5.26 Å². The van der Waals surface area contributed by atoms with Crippen LogP contribution in [-0.2, 0) is 27.2 Å². The first kappa shape index (κ1) is 28.2. The van der Waals surface area contributed by atoms with Crippen molar-refractivity contribution in [1.29, 1.82) is 5.26 Å². The fourth-order valence-electron chi connectivity index (χ4n) is 7.26. The Labute approximate surface area is 247 Å². The van der Waals surface area contributed by atoms with E-state index in [4.69, 9.17) is 4.74 Å². The van der Waals surface area contributed by atoms with Gasteiger partial charge in [0, 0.05) is 25.7 Å². The second kappa shape index (κ2) is 11.1. The van der Waals surface area contributed by atoms with Crippen molar-refractivity contribution < 1.29 is 19.1 Å². The van der Waals surface area contributed by atoms with Crippen LogP contribution in [0.5, 0.6) is 0 Å². The summed E-state index contributed by atoms with van der Waals surface area (Å²) >= 11 is 0. The van der Waals surface area contributed by atoms with Gasteiger partial charge in [0.1, 0.15) is 17.7 Å². The second-order valence-electron chi connectivity index (χ2n) is 12.9. The number of hydrogen-bond acceptors (Lipinski definition) is 6. The van der Waals surface area contributed by atoms with Gasteiger partial charge in [-0.05, 0) is 75.1 Å². The number of benzene rings is 2. The molecule has 4 atom stereocenters. The number of nitriles is 1. The highest BCUT2D eigenvalue weighted by atomic mass is 16.6. The number of alkyl carbamates (subject to hydrolysis) is 1. The first-order valence-electron chi connectivity index (χ1n) is 15.1. The van der Waals surface area contributed by atoms with E-state index >= 15 is 0 Å². The summed E-state index contributed by atoms with van der Waals surface area (Å²) in [6, 6.07) is 17.1. The minimum Gasteiger partial charge on any atom is -0.444 e. The van der Waals surface area contributed by atoms with Crippen molar-refractivity contribution in [3.8, 4) is 6.07 Å². The molecule has 6 rings (SSSR count). The molecule has 3 heterocycles. The number of likely N-dealkylation sites (tertiary alicyclic amines) is 3. The van der Waals surface area contributed by atoms with Crippen molar-refractivity contribution in [3.63, 3.8) is 0 Å². The molecule has 1 aliphatic carbocycles. The maximum atomic E-state index is 14.2. The van der Waals surface area contributed by atoms with Crippen LogP contribution in [0.2, 0.25) is 0 Å². The van der Waals surface area contributed by atoms with E-state index in [1.54, 1.807) is 25.7 Å². The van der Waals surface area contributed by atoms with Crippen LogP contribution >= 0.6 is 0 Å². The molecule has 1 N–H and O–H groups in total. The van der Waals surface area contributed by atoms with Crippen LogP contribution in [0, 0.1) is 11.3 Å². The molecule has 0 aromatic heterocycles. The van der Waals surface area contributed by atoms with Gasteiger partial charge in [0.2, 0.25) is 11.8 Å². The number of aryl methyl sites for hydroxylation is 2. The number of hydrogen-bond donors (Lipinski definition) is 1. The van der Waals surface area contributed by atoms with E-state index in [1.807, 2.05) is 4.90 Å². The molecule has 2 bridgehead atoms. The highest BCUT2D eigenvalue weighted by molar-refractivity contribution is 5.88. The summed E-state index contributed by atoms with van der Waals surface area (Å²) in [6.45, 7) is 6.58. The predicted octanol–water partition coefficient (Wildman–Crippen LogP) is 3.57. The topological polar surface area (TPSA) is 106 Å². The zero-order chi connectivity index (χ0) is 29.6. The number of piperazine rings is 1. The summed E-state index contributed by atoms with van der Waals surface area (Å²) in [6.07, 6.45) is 3.23. The average molecular weight is 570 g/mol. The van der Waals surface area contributed by atoms with Crippen LogP contribution in [-0.4, -0.2) is 82.0 Å². The summed E-state index contributed by atoms with van der Waals surface area (Å²) in [5, 5.41) is 12.4. The number of carbonyl (C=O) groups is 3. The number of carbonyl (C=O) groups excluding carboxylic acids is 3. The third kappa shape index (κ3) is 5.24. The third-order valence-electron chi connectivity index (χ3n) is 9.05. The fraction of sp³-hybridized carbons (Fsp3) is 0.515. The van der Waals surface area contributed by atoms with Crippen LogP contribution < -0.4 is 5.32 Å². The molecule has 9 nitrogen and oxygen atoms in total. The summed E-state index contributed by atoms with van der Waals surface area (Å²) in [5.74, 6) is -0.245. The lowest BCUT2D eigenvalue weighted by Gasteiger charge is -2.41. The highest BCUT2D eigenvalue weighted by Gasteiger charge is 2.53. The van der Waals surface area contributed by atoms with Crippen molar-refractivity contribution in [2.45, 2.75) is 88.7 Å². The van der Waals surface area contributed by atoms with Gasteiger partial charge >= 0.3 is 6.09 Å². The van der Waals surface area contributed by atoms with Crippen molar-refractivity contribution in [2.75, 3.05) is 19.6 Å². The first-order chi connectivity index (χ1) is 20.1. The van der Waals surface area contributed by atoms with Crippen LogP contribution in [0.4, 0.5) is 4.79 Å². The van der Waals surface area contributed by atoms with Crippen molar-refractivity contribution in [3.05, 3.63) is 70.8 Å². The Morgan fingerprint density at radius 3 is 2.31 bits per heavy atom. The zero-order valence-corrected chi connectivity index (χ0v) is 24.6. The first-order valence-corrected chi connectivity index (χ1v) is 15.1. The van der Waals surface area contributed by atoms with Crippen molar-refractivity contribution in [2.24, 2.45) is 0 Å². The summed E-state index contributed by atoms with van der Waals surface area (Å²) in [4.78, 5) is 46.3. The van der Waals surface area contributed by atoms with Gasteiger partial charge in [-0.3, -0.25) is 14.5 Å². The van der Waals surface area contributed by atoms with E-state index in [0.29, 0.717) is 25.9 Å². The lowest BCUT2D eigenvalue weighted by Crippen LogP contribution is -2.59. The Morgan fingerprint density at radius 2 is 1.71 bits per heavy atom. The van der Waals surface area contributed by atoms with E-state index in [2.05, 4.69) is 64.8 Å². The third-order valence-corrected chi connectivity index (χ3v) is 9.05. The van der Waals surface area contributed by atoms with E-state index in [-0.39, 0.29) is 36.5 Å². The maximum absolute atomic E-state index is 14.2. The summed E-state index contributed by atoms with van der Waals surface area (Å²) in [7, 11) is 0. The Kier molecular flexibility index (Phi) is 7.44. The predicted molar refractivity (Wildman–Crippen MR) is 156 cm³/mol. The molecular weight excluding hydrogens is 530 g/mol. The van der Waals surface area contributed by atoms with Gasteiger partial charge in [-0.15, -0.1) is 0 Å². The SMILES string of the molecule is CC(C)(C)OC(=O)NC(CN1C[C@@H]2CC1C(=O)N2C1c2ccccc2CCc2ccccc21)C(=O)N1CCCC1C#N. The molecule has 2 aromatic carbocycles. The molecular formula is C33H39N5O4. The Hall–Kier alpha value is -3.90. The van der Waals surface area contributed by atoms with Crippen molar-refractivity contribution in [1.82, 2.24) is 20.0 Å². The number of nitrogens with zero attached hydrogens (tertiary/aromatic N) is 4. The van der Waals surface area contributed by atoms with E-state index in [0.717, 1.165) is 19.3 Å². The molecule has 9 heteroatoms. The maximum Gasteiger partial charge on any atom is 0.408 e. The fourth-order valence-corrected chi connectivity index (χ4v) is 7.26. The molecule has 42 heavy (non-hydrogen) atoms. The molecule has 3 fully saturated rings. The van der Waals surface area contributed by atoms with E-state index in [9.17, 15) is 19.6 Å². The molecule has 3 saturated heterocycles.